The minimum absolute atomic E-state index is 0.113. The highest BCUT2D eigenvalue weighted by Gasteiger charge is 2.30. The summed E-state index contributed by atoms with van der Waals surface area (Å²) in [6, 6.07) is 8.84. The summed E-state index contributed by atoms with van der Waals surface area (Å²) in [7, 11) is 0. The van der Waals surface area contributed by atoms with Crippen LogP contribution in [0.3, 0.4) is 0 Å². The molecule has 0 unspecified atom stereocenters. The van der Waals surface area contributed by atoms with Gasteiger partial charge in [0, 0.05) is 13.0 Å². The Kier molecular flexibility index (Phi) is 5.16. The van der Waals surface area contributed by atoms with Crippen LogP contribution in [-0.4, -0.2) is 23.4 Å². The van der Waals surface area contributed by atoms with Gasteiger partial charge < -0.3 is 4.74 Å². The molecule has 1 aliphatic heterocycles. The molecule has 2 rings (SSSR count). The Morgan fingerprint density at radius 3 is 2.75 bits per heavy atom. The monoisotopic (exact) mass is 275 g/mol. The molecule has 0 bridgehead atoms. The van der Waals surface area contributed by atoms with Gasteiger partial charge in [-0.3, -0.25) is 4.79 Å². The van der Waals surface area contributed by atoms with Gasteiger partial charge in [0.2, 0.25) is 5.91 Å². The summed E-state index contributed by atoms with van der Waals surface area (Å²) < 4.78 is 5.21. The first-order chi connectivity index (χ1) is 9.70. The molecular formula is C16H21NO3. The Bertz CT molecular complexity index is 458. The van der Waals surface area contributed by atoms with Crippen molar-refractivity contribution in [2.75, 3.05) is 6.54 Å². The van der Waals surface area contributed by atoms with Crippen LogP contribution in [0.15, 0.2) is 30.3 Å². The molecule has 0 N–H and O–H groups in total. The molecule has 0 aliphatic carbocycles. The predicted molar refractivity (Wildman–Crippen MR) is 76.4 cm³/mol. The highest BCUT2D eigenvalue weighted by atomic mass is 16.6. The maximum Gasteiger partial charge on any atom is 0.421 e. The van der Waals surface area contributed by atoms with Crippen molar-refractivity contribution in [3.8, 4) is 5.75 Å². The molecule has 108 valence electrons. The van der Waals surface area contributed by atoms with Crippen molar-refractivity contribution in [1.82, 2.24) is 4.90 Å². The number of piperidine rings is 1. The minimum Gasteiger partial charge on any atom is -0.410 e. The summed E-state index contributed by atoms with van der Waals surface area (Å²) in [6.45, 7) is 2.62. The van der Waals surface area contributed by atoms with E-state index < -0.39 is 6.09 Å². The molecule has 0 radical (unpaired) electrons. The lowest BCUT2D eigenvalue weighted by Crippen LogP contribution is -2.44. The third kappa shape index (κ3) is 3.83. The van der Waals surface area contributed by atoms with Crippen LogP contribution in [0.2, 0.25) is 0 Å². The van der Waals surface area contributed by atoms with Crippen LogP contribution < -0.4 is 4.74 Å². The normalized spacial score (nSPS) is 18.9. The third-order valence-corrected chi connectivity index (χ3v) is 3.66. The van der Waals surface area contributed by atoms with Crippen LogP contribution >= 0.6 is 0 Å². The topological polar surface area (TPSA) is 46.6 Å². The highest BCUT2D eigenvalue weighted by molar-refractivity contribution is 5.93. The van der Waals surface area contributed by atoms with Gasteiger partial charge in [-0.05, 0) is 30.9 Å². The Morgan fingerprint density at radius 1 is 1.35 bits per heavy atom. The second-order valence-electron chi connectivity index (χ2n) is 5.23. The fourth-order valence-corrected chi connectivity index (χ4v) is 2.47. The Balaban J connectivity index is 1.87. The molecule has 4 nitrogen and oxygen atoms in total. The number of ether oxygens (including phenoxy) is 1. The van der Waals surface area contributed by atoms with E-state index in [0.717, 1.165) is 25.7 Å². The van der Waals surface area contributed by atoms with Gasteiger partial charge >= 0.3 is 6.09 Å². The maximum absolute atomic E-state index is 12.0. The number of hydrogen-bond donors (Lipinski definition) is 0. The lowest BCUT2D eigenvalue weighted by Gasteiger charge is -2.29. The number of imide groups is 1. The third-order valence-electron chi connectivity index (χ3n) is 3.66. The van der Waals surface area contributed by atoms with Crippen molar-refractivity contribution < 1.29 is 14.3 Å². The fourth-order valence-electron chi connectivity index (χ4n) is 2.47. The van der Waals surface area contributed by atoms with E-state index in [9.17, 15) is 9.59 Å². The summed E-state index contributed by atoms with van der Waals surface area (Å²) in [6.07, 6.45) is 4.15. The molecular weight excluding hydrogens is 254 g/mol. The zero-order chi connectivity index (χ0) is 14.4. The lowest BCUT2D eigenvalue weighted by atomic mass is 9.91. The summed E-state index contributed by atoms with van der Waals surface area (Å²) in [5.74, 6) is 0.778. The SMILES string of the molecule is CCCC[C@@H]1CCN(C(=O)Oc2ccccc2)C(=O)C1. The van der Waals surface area contributed by atoms with E-state index in [0.29, 0.717) is 24.6 Å². The molecule has 0 saturated carbocycles. The summed E-state index contributed by atoms with van der Waals surface area (Å²) in [4.78, 5) is 25.2. The number of rotatable bonds is 4. The van der Waals surface area contributed by atoms with Gasteiger partial charge in [-0.2, -0.15) is 0 Å². The van der Waals surface area contributed by atoms with E-state index >= 15 is 0 Å². The van der Waals surface area contributed by atoms with Gasteiger partial charge in [-0.25, -0.2) is 9.69 Å². The number of likely N-dealkylation sites (tertiary alicyclic amines) is 1. The van der Waals surface area contributed by atoms with E-state index in [2.05, 4.69) is 6.92 Å². The Hall–Kier alpha value is -1.84. The largest absolute Gasteiger partial charge is 0.421 e. The van der Waals surface area contributed by atoms with Gasteiger partial charge in [0.1, 0.15) is 5.75 Å². The molecule has 0 aromatic heterocycles. The van der Waals surface area contributed by atoms with Gasteiger partial charge in [-0.1, -0.05) is 38.0 Å². The first-order valence-corrected chi connectivity index (χ1v) is 7.28. The number of hydrogen-bond acceptors (Lipinski definition) is 3. The zero-order valence-corrected chi connectivity index (χ0v) is 11.9. The maximum atomic E-state index is 12.0. The van der Waals surface area contributed by atoms with Crippen molar-refractivity contribution in [2.45, 2.75) is 39.0 Å². The lowest BCUT2D eigenvalue weighted by molar-refractivity contribution is -0.132. The fraction of sp³-hybridized carbons (Fsp3) is 0.500. The van der Waals surface area contributed by atoms with Crippen LogP contribution in [0.25, 0.3) is 0 Å². The quantitative estimate of drug-likeness (QED) is 0.843. The average molecular weight is 275 g/mol. The second-order valence-corrected chi connectivity index (χ2v) is 5.23. The van der Waals surface area contributed by atoms with Crippen molar-refractivity contribution in [3.63, 3.8) is 0 Å². The number of unbranched alkanes of at least 4 members (excludes halogenated alkanes) is 1. The molecule has 20 heavy (non-hydrogen) atoms. The van der Waals surface area contributed by atoms with Crippen LogP contribution in [0.5, 0.6) is 5.75 Å². The molecule has 1 fully saturated rings. The van der Waals surface area contributed by atoms with Crippen molar-refractivity contribution >= 4 is 12.0 Å². The van der Waals surface area contributed by atoms with Gasteiger partial charge in [-0.15, -0.1) is 0 Å². The van der Waals surface area contributed by atoms with Gasteiger partial charge in [0.25, 0.3) is 0 Å². The number of carbonyl (C=O) groups excluding carboxylic acids is 2. The molecule has 1 aromatic rings. The van der Waals surface area contributed by atoms with E-state index in [1.807, 2.05) is 6.07 Å². The van der Waals surface area contributed by atoms with Crippen molar-refractivity contribution in [2.24, 2.45) is 5.92 Å². The number of amides is 2. The summed E-state index contributed by atoms with van der Waals surface area (Å²) >= 11 is 0. The molecule has 1 aliphatic rings. The molecule has 1 aromatic carbocycles. The molecule has 2 amide bonds. The number of nitrogens with zero attached hydrogens (tertiary/aromatic N) is 1. The molecule has 1 heterocycles. The second kappa shape index (κ2) is 7.08. The van der Waals surface area contributed by atoms with Gasteiger partial charge in [0.05, 0.1) is 0 Å². The zero-order valence-electron chi connectivity index (χ0n) is 11.9. The van der Waals surface area contributed by atoms with Crippen LogP contribution in [0.4, 0.5) is 4.79 Å². The Labute approximate surface area is 119 Å². The predicted octanol–water partition coefficient (Wildman–Crippen LogP) is 3.61. The number of para-hydroxylation sites is 1. The van der Waals surface area contributed by atoms with Crippen molar-refractivity contribution in [3.05, 3.63) is 30.3 Å². The van der Waals surface area contributed by atoms with E-state index in [-0.39, 0.29) is 5.91 Å². The number of benzene rings is 1. The molecule has 4 heteroatoms. The van der Waals surface area contributed by atoms with Crippen LogP contribution in [0.1, 0.15) is 39.0 Å². The first-order valence-electron chi connectivity index (χ1n) is 7.28. The van der Waals surface area contributed by atoms with Gasteiger partial charge in [0.15, 0.2) is 0 Å². The molecule has 0 spiro atoms. The first kappa shape index (κ1) is 14.6. The van der Waals surface area contributed by atoms with E-state index in [4.69, 9.17) is 4.74 Å². The molecule has 1 saturated heterocycles. The highest BCUT2D eigenvalue weighted by Crippen LogP contribution is 2.24. The standard InChI is InChI=1S/C16H21NO3/c1-2-3-7-13-10-11-17(15(18)12-13)16(19)20-14-8-5-4-6-9-14/h4-6,8-9,13H,2-3,7,10-12H2,1H3/t13-/m1/s1. The average Bonchev–Trinajstić information content (AvgIpc) is 2.46. The van der Waals surface area contributed by atoms with Crippen molar-refractivity contribution in [1.29, 1.82) is 0 Å². The minimum atomic E-state index is -0.560. The summed E-state index contributed by atoms with van der Waals surface area (Å²) in [5.41, 5.74) is 0. The summed E-state index contributed by atoms with van der Waals surface area (Å²) in [5, 5.41) is 0. The van der Waals surface area contributed by atoms with E-state index in [1.165, 1.54) is 4.90 Å². The molecule has 1 atom stereocenters. The van der Waals surface area contributed by atoms with Crippen LogP contribution in [0, 0.1) is 5.92 Å². The van der Waals surface area contributed by atoms with Crippen LogP contribution in [-0.2, 0) is 4.79 Å². The smallest absolute Gasteiger partial charge is 0.410 e. The van der Waals surface area contributed by atoms with E-state index in [1.54, 1.807) is 24.3 Å². The number of carbonyl (C=O) groups is 2. The Morgan fingerprint density at radius 2 is 2.10 bits per heavy atom.